The lowest BCUT2D eigenvalue weighted by atomic mass is 9.81. The van der Waals surface area contributed by atoms with E-state index < -0.39 is 31.6 Å². The van der Waals surface area contributed by atoms with Crippen LogP contribution in [0.2, 0.25) is 0 Å². The minimum Gasteiger partial charge on any atom is -0.497 e. The van der Waals surface area contributed by atoms with Gasteiger partial charge in [-0.3, -0.25) is 9.59 Å². The van der Waals surface area contributed by atoms with Crippen molar-refractivity contribution in [2.24, 2.45) is 5.41 Å². The SMILES string of the molecule is COc1ccc2c(c1)C1CC1(C(=O)N1[C@@H]3CC[C@H]1CN(S(C)(=O)=O)C3)Cn1c-2c(C2CCCCC2)c2ccc(C(=O)NS(=O)(=O)N(C)C)cc21. The summed E-state index contributed by atoms with van der Waals surface area (Å²) in [6.07, 6.45) is 8.96. The van der Waals surface area contributed by atoms with Crippen LogP contribution in [-0.4, -0.2) is 99.4 Å². The Balaban J connectivity index is 1.30. The fourth-order valence-corrected chi connectivity index (χ4v) is 10.8. The molecule has 12 nitrogen and oxygen atoms in total. The Hall–Kier alpha value is -3.46. The molecule has 0 spiro atoms. The van der Waals surface area contributed by atoms with Crippen LogP contribution in [0.3, 0.4) is 0 Å². The molecule has 50 heavy (non-hydrogen) atoms. The molecular formula is C36H45N5O7S2. The molecule has 3 aliphatic heterocycles. The number of amides is 2. The highest BCUT2D eigenvalue weighted by molar-refractivity contribution is 7.88. The van der Waals surface area contributed by atoms with Gasteiger partial charge in [0.25, 0.3) is 5.91 Å². The third kappa shape index (κ3) is 5.27. The van der Waals surface area contributed by atoms with Crippen LogP contribution >= 0.6 is 0 Å². The predicted molar refractivity (Wildman–Crippen MR) is 190 cm³/mol. The van der Waals surface area contributed by atoms with Crippen molar-refractivity contribution in [2.45, 2.75) is 81.8 Å². The van der Waals surface area contributed by atoms with Crippen molar-refractivity contribution in [1.29, 1.82) is 0 Å². The molecule has 4 fully saturated rings. The summed E-state index contributed by atoms with van der Waals surface area (Å²) in [7, 11) is -3.01. The topological polar surface area (TPSA) is 138 Å². The molecule has 2 amide bonds. The number of hydrogen-bond donors (Lipinski definition) is 1. The van der Waals surface area contributed by atoms with E-state index in [4.69, 9.17) is 4.74 Å². The Bertz CT molecular complexity index is 2130. The van der Waals surface area contributed by atoms with Crippen molar-refractivity contribution in [3.8, 4) is 17.0 Å². The molecule has 2 unspecified atom stereocenters. The number of methoxy groups -OCH3 is 1. The quantitative estimate of drug-likeness (QED) is 0.389. The number of sulfonamides is 1. The average Bonchev–Trinajstić information content (AvgIpc) is 3.68. The summed E-state index contributed by atoms with van der Waals surface area (Å²) >= 11 is 0. The van der Waals surface area contributed by atoms with Gasteiger partial charge in [0.1, 0.15) is 5.75 Å². The van der Waals surface area contributed by atoms with E-state index in [1.807, 2.05) is 17.0 Å². The van der Waals surface area contributed by atoms with E-state index in [1.54, 1.807) is 19.2 Å². The van der Waals surface area contributed by atoms with Crippen LogP contribution in [0.1, 0.15) is 84.7 Å². The molecule has 2 aromatic carbocycles. The first-order valence-corrected chi connectivity index (χ1v) is 20.9. The minimum atomic E-state index is -4.01. The molecule has 0 radical (unpaired) electrons. The van der Waals surface area contributed by atoms with Gasteiger partial charge in [0, 0.05) is 73.8 Å². The fourth-order valence-electron chi connectivity index (χ4n) is 9.41. The first-order valence-electron chi connectivity index (χ1n) is 17.6. The standard InChI is InChI=1S/C36H45N5O7S2/c1-38(2)50(46,47)37-34(42)23-10-14-28-31(16-23)40-21-36(35(43)41-24-11-12-25(41)20-39(19-24)49(4,44)45)18-30(36)29-17-26(48-3)13-15-27(29)33(40)32(28)22-8-6-5-7-9-22/h10,13-17,22,24-25,30H,5-9,11-12,18-21H2,1-4H3,(H,37,42)/t24-,25+,30?,36?. The van der Waals surface area contributed by atoms with Crippen LogP contribution in [0.15, 0.2) is 36.4 Å². The number of carbonyl (C=O) groups excluding carboxylic acids is 2. The summed E-state index contributed by atoms with van der Waals surface area (Å²) in [5.74, 6) is 0.315. The molecule has 268 valence electrons. The zero-order valence-corrected chi connectivity index (χ0v) is 30.6. The van der Waals surface area contributed by atoms with Crippen LogP contribution in [0.5, 0.6) is 5.75 Å². The van der Waals surface area contributed by atoms with Crippen LogP contribution in [-0.2, 0) is 31.6 Å². The maximum absolute atomic E-state index is 15.1. The summed E-state index contributed by atoms with van der Waals surface area (Å²) in [5, 5.41) is 1.02. The van der Waals surface area contributed by atoms with Crippen molar-refractivity contribution < 1.29 is 31.2 Å². The van der Waals surface area contributed by atoms with E-state index in [-0.39, 0.29) is 29.5 Å². The van der Waals surface area contributed by atoms with E-state index in [0.29, 0.717) is 32.0 Å². The van der Waals surface area contributed by atoms with Crippen LogP contribution in [0, 0.1) is 5.41 Å². The highest BCUT2D eigenvalue weighted by Crippen LogP contribution is 2.66. The minimum absolute atomic E-state index is 0.0571. The Labute approximate surface area is 294 Å². The maximum atomic E-state index is 15.1. The van der Waals surface area contributed by atoms with E-state index in [2.05, 4.69) is 21.4 Å². The van der Waals surface area contributed by atoms with Crippen LogP contribution in [0.25, 0.3) is 22.2 Å². The fraction of sp³-hybridized carbons (Fsp3) is 0.556. The van der Waals surface area contributed by atoms with Gasteiger partial charge in [0.15, 0.2) is 0 Å². The molecule has 14 heteroatoms. The molecule has 2 saturated heterocycles. The Morgan fingerprint density at radius 1 is 0.940 bits per heavy atom. The van der Waals surface area contributed by atoms with Gasteiger partial charge in [-0.15, -0.1) is 0 Å². The summed E-state index contributed by atoms with van der Waals surface area (Å²) in [6, 6.07) is 11.2. The summed E-state index contributed by atoms with van der Waals surface area (Å²) in [4.78, 5) is 30.5. The first kappa shape index (κ1) is 33.7. The lowest BCUT2D eigenvalue weighted by Crippen LogP contribution is -2.58. The van der Waals surface area contributed by atoms with E-state index >= 15 is 4.79 Å². The third-order valence-corrected chi connectivity index (χ3v) is 14.7. The molecule has 1 aromatic heterocycles. The molecule has 8 rings (SSSR count). The second-order valence-electron chi connectivity index (χ2n) is 15.2. The number of piperazine rings is 1. The van der Waals surface area contributed by atoms with Gasteiger partial charge in [0.05, 0.1) is 24.5 Å². The van der Waals surface area contributed by atoms with Gasteiger partial charge in [-0.2, -0.15) is 17.0 Å². The first-order chi connectivity index (χ1) is 23.7. The third-order valence-electron chi connectivity index (χ3n) is 12.1. The lowest BCUT2D eigenvalue weighted by Gasteiger charge is -2.41. The second kappa shape index (κ2) is 11.8. The molecule has 4 heterocycles. The zero-order chi connectivity index (χ0) is 35.3. The van der Waals surface area contributed by atoms with Gasteiger partial charge in [-0.25, -0.2) is 13.1 Å². The van der Waals surface area contributed by atoms with E-state index in [0.717, 1.165) is 76.3 Å². The van der Waals surface area contributed by atoms with Gasteiger partial charge >= 0.3 is 10.2 Å². The molecular weight excluding hydrogens is 679 g/mol. The van der Waals surface area contributed by atoms with Gasteiger partial charge < -0.3 is 14.2 Å². The molecule has 5 aliphatic rings. The van der Waals surface area contributed by atoms with Crippen molar-refractivity contribution in [3.63, 3.8) is 0 Å². The van der Waals surface area contributed by atoms with Crippen LogP contribution < -0.4 is 9.46 Å². The molecule has 3 aromatic rings. The Morgan fingerprint density at radius 3 is 2.28 bits per heavy atom. The number of nitrogens with zero attached hydrogens (tertiary/aromatic N) is 4. The summed E-state index contributed by atoms with van der Waals surface area (Å²) in [5.41, 5.74) is 4.70. The largest absolute Gasteiger partial charge is 0.497 e. The van der Waals surface area contributed by atoms with Crippen molar-refractivity contribution >= 4 is 42.9 Å². The molecule has 1 N–H and O–H groups in total. The normalized spacial score (nSPS) is 26.7. The maximum Gasteiger partial charge on any atom is 0.303 e. The van der Waals surface area contributed by atoms with Crippen LogP contribution in [0.4, 0.5) is 0 Å². The number of aromatic nitrogens is 1. The molecule has 2 bridgehead atoms. The Morgan fingerprint density at radius 2 is 1.64 bits per heavy atom. The van der Waals surface area contributed by atoms with Gasteiger partial charge in [-0.05, 0) is 79.5 Å². The molecule has 4 atom stereocenters. The Kier molecular flexibility index (Phi) is 7.94. The average molecular weight is 724 g/mol. The number of benzene rings is 2. The van der Waals surface area contributed by atoms with Crippen molar-refractivity contribution in [3.05, 3.63) is 53.1 Å². The number of carbonyl (C=O) groups is 2. The van der Waals surface area contributed by atoms with Gasteiger partial charge in [0.2, 0.25) is 15.9 Å². The number of rotatable bonds is 7. The monoisotopic (exact) mass is 723 g/mol. The summed E-state index contributed by atoms with van der Waals surface area (Å²) in [6.45, 7) is 1.02. The van der Waals surface area contributed by atoms with E-state index in [9.17, 15) is 21.6 Å². The van der Waals surface area contributed by atoms with Crippen molar-refractivity contribution in [1.82, 2.24) is 22.8 Å². The van der Waals surface area contributed by atoms with E-state index in [1.165, 1.54) is 36.6 Å². The summed E-state index contributed by atoms with van der Waals surface area (Å²) < 4.78 is 62.9. The lowest BCUT2D eigenvalue weighted by molar-refractivity contribution is -0.142. The highest BCUT2D eigenvalue weighted by atomic mass is 32.2. The van der Waals surface area contributed by atoms with Gasteiger partial charge in [-0.1, -0.05) is 25.3 Å². The van der Waals surface area contributed by atoms with Crippen molar-refractivity contribution in [2.75, 3.05) is 40.6 Å². The zero-order valence-electron chi connectivity index (χ0n) is 29.0. The number of ether oxygens (including phenoxy) is 1. The molecule has 2 saturated carbocycles. The number of hydrogen-bond acceptors (Lipinski definition) is 7. The highest BCUT2D eigenvalue weighted by Gasteiger charge is 2.65. The smallest absolute Gasteiger partial charge is 0.303 e. The predicted octanol–water partition coefficient (Wildman–Crippen LogP) is 4.02. The molecule has 2 aliphatic carbocycles. The number of fused-ring (bicyclic) bond motifs is 9. The number of nitrogens with one attached hydrogen (secondary N) is 1. The second-order valence-corrected chi connectivity index (χ2v) is 19.0.